The van der Waals surface area contributed by atoms with E-state index in [0.29, 0.717) is 33.5 Å². The van der Waals surface area contributed by atoms with Crippen molar-refractivity contribution in [1.82, 2.24) is 14.5 Å². The van der Waals surface area contributed by atoms with Crippen LogP contribution < -0.4 is 16.0 Å². The number of hydrogen-bond acceptors (Lipinski definition) is 5. The third-order valence-electron chi connectivity index (χ3n) is 8.60. The summed E-state index contributed by atoms with van der Waals surface area (Å²) in [7, 11) is 1.76. The number of hydrogen-bond donors (Lipinski definition) is 3. The van der Waals surface area contributed by atoms with Crippen LogP contribution in [0.1, 0.15) is 76.2 Å². The van der Waals surface area contributed by atoms with Gasteiger partial charge in [0.05, 0.1) is 22.5 Å². The van der Waals surface area contributed by atoms with Gasteiger partial charge in [0, 0.05) is 29.7 Å². The van der Waals surface area contributed by atoms with Gasteiger partial charge >= 0.3 is 0 Å². The Morgan fingerprint density at radius 1 is 0.771 bits per heavy atom. The number of para-hydroxylation sites is 2. The van der Waals surface area contributed by atoms with Crippen molar-refractivity contribution in [3.8, 4) is 11.4 Å². The van der Waals surface area contributed by atoms with Gasteiger partial charge in [0.25, 0.3) is 11.8 Å². The lowest BCUT2D eigenvalue weighted by Gasteiger charge is -2.15. The Morgan fingerprint density at radius 2 is 1.31 bits per heavy atom. The molecule has 5 rings (SSSR count). The van der Waals surface area contributed by atoms with Gasteiger partial charge in [-0.05, 0) is 84.7 Å². The molecule has 0 unspecified atom stereocenters. The van der Waals surface area contributed by atoms with Crippen molar-refractivity contribution in [2.45, 2.75) is 60.3 Å². The van der Waals surface area contributed by atoms with Crippen molar-refractivity contribution in [1.29, 1.82) is 0 Å². The molecule has 0 aliphatic heterocycles. The van der Waals surface area contributed by atoms with E-state index < -0.39 is 0 Å². The summed E-state index contributed by atoms with van der Waals surface area (Å²) in [5, 5.41) is 10.0. The van der Waals surface area contributed by atoms with Gasteiger partial charge in [-0.2, -0.15) is 0 Å². The Kier molecular flexibility index (Phi) is 10.9. The predicted molar refractivity (Wildman–Crippen MR) is 197 cm³/mol. The maximum Gasteiger partial charge on any atom is 0.258 e. The van der Waals surface area contributed by atoms with Gasteiger partial charge in [0.15, 0.2) is 0 Å². The minimum absolute atomic E-state index is 0.171. The molecule has 48 heavy (non-hydrogen) atoms. The highest BCUT2D eigenvalue weighted by molar-refractivity contribution is 6.35. The standard InChI is InChI=1S/C38H40Cl2N6O2/c1-7-23-13-11-14-24(8-2)32(23)43-36(47)27-17-18-30(22(5)19-27)42-38-41-21-29(39)34(45-38)31-20-28(35(40)46(31)6)37(48)44-33-25(9-3)15-12-16-26(33)10-4/h11-21H,7-10H2,1-6H3,(H,43,47)(H,44,48)(H,41,42,45). The molecule has 0 atom stereocenters. The summed E-state index contributed by atoms with van der Waals surface area (Å²) in [6, 6.07) is 19.3. The fourth-order valence-corrected chi connectivity index (χ4v) is 6.23. The van der Waals surface area contributed by atoms with Crippen LogP contribution in [0.15, 0.2) is 66.9 Å². The molecule has 5 aromatic rings. The van der Waals surface area contributed by atoms with Crippen molar-refractivity contribution < 1.29 is 9.59 Å². The van der Waals surface area contributed by atoms with Crippen molar-refractivity contribution in [2.24, 2.45) is 7.05 Å². The topological polar surface area (TPSA) is 101 Å². The van der Waals surface area contributed by atoms with E-state index >= 15 is 0 Å². The van der Waals surface area contributed by atoms with Crippen molar-refractivity contribution in [3.05, 3.63) is 116 Å². The van der Waals surface area contributed by atoms with Crippen LogP contribution in [-0.2, 0) is 32.7 Å². The van der Waals surface area contributed by atoms with Crippen LogP contribution in [0.3, 0.4) is 0 Å². The summed E-state index contributed by atoms with van der Waals surface area (Å²) in [5.74, 6) is -0.188. The third kappa shape index (κ3) is 7.10. The minimum atomic E-state index is -0.315. The highest BCUT2D eigenvalue weighted by atomic mass is 35.5. The number of carbonyl (C=O) groups is 2. The van der Waals surface area contributed by atoms with E-state index in [4.69, 9.17) is 28.2 Å². The number of aryl methyl sites for hydroxylation is 5. The molecule has 0 spiro atoms. The largest absolute Gasteiger partial charge is 0.333 e. The van der Waals surface area contributed by atoms with Gasteiger partial charge in [-0.3, -0.25) is 9.59 Å². The molecule has 2 heterocycles. The van der Waals surface area contributed by atoms with E-state index in [2.05, 4.69) is 48.6 Å². The lowest BCUT2D eigenvalue weighted by atomic mass is 10.0. The molecular formula is C38H40Cl2N6O2. The van der Waals surface area contributed by atoms with E-state index in [1.165, 1.54) is 6.20 Å². The first-order valence-corrected chi connectivity index (χ1v) is 17.0. The van der Waals surface area contributed by atoms with Crippen LogP contribution in [0.5, 0.6) is 0 Å². The average Bonchev–Trinajstić information content (AvgIpc) is 3.39. The maximum absolute atomic E-state index is 13.5. The number of amides is 2. The molecule has 0 aliphatic rings. The van der Waals surface area contributed by atoms with Crippen LogP contribution in [0.4, 0.5) is 23.0 Å². The lowest BCUT2D eigenvalue weighted by molar-refractivity contribution is 0.101. The molecule has 8 nitrogen and oxygen atoms in total. The molecule has 0 saturated heterocycles. The van der Waals surface area contributed by atoms with Gasteiger partial charge < -0.3 is 20.5 Å². The van der Waals surface area contributed by atoms with Crippen molar-refractivity contribution >= 4 is 58.0 Å². The number of halogens is 2. The van der Waals surface area contributed by atoms with E-state index in [9.17, 15) is 9.59 Å². The lowest BCUT2D eigenvalue weighted by Crippen LogP contribution is -2.15. The fraction of sp³-hybridized carbons (Fsp3) is 0.263. The second kappa shape index (κ2) is 15.0. The average molecular weight is 684 g/mol. The van der Waals surface area contributed by atoms with Crippen LogP contribution >= 0.6 is 23.2 Å². The maximum atomic E-state index is 13.5. The Balaban J connectivity index is 1.38. The van der Waals surface area contributed by atoms with Gasteiger partial charge in [0.1, 0.15) is 10.8 Å². The number of benzene rings is 3. The van der Waals surface area contributed by atoms with Crippen LogP contribution in [0.25, 0.3) is 11.4 Å². The SMILES string of the molecule is CCc1cccc(CC)c1NC(=O)c1ccc(Nc2ncc(Cl)c(-c3cc(C(=O)Nc4c(CC)cccc4CC)c(Cl)n3C)n2)c(C)c1. The van der Waals surface area contributed by atoms with Crippen molar-refractivity contribution in [3.63, 3.8) is 0 Å². The van der Waals surface area contributed by atoms with E-state index in [1.54, 1.807) is 23.7 Å². The molecule has 3 N–H and O–H groups in total. The first-order chi connectivity index (χ1) is 23.1. The first kappa shape index (κ1) is 34.7. The molecule has 2 aromatic heterocycles. The van der Waals surface area contributed by atoms with Gasteiger partial charge in [-0.25, -0.2) is 9.97 Å². The first-order valence-electron chi connectivity index (χ1n) is 16.2. The molecule has 10 heteroatoms. The Bertz CT molecular complexity index is 1960. The number of aromatic nitrogens is 3. The summed E-state index contributed by atoms with van der Waals surface area (Å²) in [6.45, 7) is 10.2. The van der Waals surface area contributed by atoms with Gasteiger partial charge in [-0.1, -0.05) is 87.3 Å². The molecule has 2 amide bonds. The molecule has 0 saturated carbocycles. The quantitative estimate of drug-likeness (QED) is 0.129. The molecule has 3 aromatic carbocycles. The zero-order valence-electron chi connectivity index (χ0n) is 28.1. The molecule has 0 radical (unpaired) electrons. The second-order valence-electron chi connectivity index (χ2n) is 11.6. The highest BCUT2D eigenvalue weighted by Gasteiger charge is 2.23. The Morgan fingerprint density at radius 3 is 1.83 bits per heavy atom. The Hall–Kier alpha value is -4.66. The van der Waals surface area contributed by atoms with E-state index in [-0.39, 0.29) is 17.0 Å². The summed E-state index contributed by atoms with van der Waals surface area (Å²) in [5.41, 5.74) is 9.41. The third-order valence-corrected chi connectivity index (χ3v) is 9.33. The molecule has 0 fully saturated rings. The highest BCUT2D eigenvalue weighted by Crippen LogP contribution is 2.34. The monoisotopic (exact) mass is 682 g/mol. The zero-order valence-corrected chi connectivity index (χ0v) is 29.6. The van der Waals surface area contributed by atoms with Gasteiger partial charge in [0.2, 0.25) is 5.95 Å². The minimum Gasteiger partial charge on any atom is -0.333 e. The number of nitrogens with zero attached hydrogens (tertiary/aromatic N) is 3. The molecular weight excluding hydrogens is 643 g/mol. The predicted octanol–water partition coefficient (Wildman–Crippen LogP) is 9.60. The van der Waals surface area contributed by atoms with Crippen molar-refractivity contribution in [2.75, 3.05) is 16.0 Å². The fourth-order valence-electron chi connectivity index (χ4n) is 5.81. The summed E-state index contributed by atoms with van der Waals surface area (Å²) in [6.07, 6.45) is 4.72. The van der Waals surface area contributed by atoms with Gasteiger partial charge in [-0.15, -0.1) is 0 Å². The number of rotatable bonds is 11. The Labute approximate surface area is 291 Å². The summed E-state index contributed by atoms with van der Waals surface area (Å²) in [4.78, 5) is 35.9. The van der Waals surface area contributed by atoms with Crippen LogP contribution in [0, 0.1) is 6.92 Å². The van der Waals surface area contributed by atoms with E-state index in [1.807, 2.05) is 55.5 Å². The molecule has 0 bridgehead atoms. The van der Waals surface area contributed by atoms with Crippen LogP contribution in [-0.4, -0.2) is 26.3 Å². The summed E-state index contributed by atoms with van der Waals surface area (Å²) >= 11 is 13.3. The smallest absolute Gasteiger partial charge is 0.258 e. The second-order valence-corrected chi connectivity index (χ2v) is 12.3. The number of anilines is 4. The number of nitrogens with one attached hydrogen (secondary N) is 3. The normalized spacial score (nSPS) is 11.0. The molecule has 0 aliphatic carbocycles. The number of carbonyl (C=O) groups excluding carboxylic acids is 2. The molecule has 248 valence electrons. The van der Waals surface area contributed by atoms with Crippen LogP contribution in [0.2, 0.25) is 10.2 Å². The van der Waals surface area contributed by atoms with E-state index in [0.717, 1.165) is 70.6 Å². The zero-order chi connectivity index (χ0) is 34.5. The summed E-state index contributed by atoms with van der Waals surface area (Å²) < 4.78 is 1.68.